The van der Waals surface area contributed by atoms with Gasteiger partial charge in [-0.1, -0.05) is 18.2 Å². The van der Waals surface area contributed by atoms with Gasteiger partial charge in [0.2, 0.25) is 5.91 Å². The summed E-state index contributed by atoms with van der Waals surface area (Å²) < 4.78 is 5.53. The number of carboxylic acids is 1. The first kappa shape index (κ1) is 13.0. The minimum Gasteiger partial charge on any atom is -0.492 e. The van der Waals surface area contributed by atoms with E-state index in [9.17, 15) is 14.7 Å². The van der Waals surface area contributed by atoms with Gasteiger partial charge in [-0.2, -0.15) is 0 Å². The number of rotatable bonds is 2. The topological polar surface area (TPSA) is 66.8 Å². The fourth-order valence-electron chi connectivity index (χ4n) is 2.91. The van der Waals surface area contributed by atoms with E-state index < -0.39 is 11.4 Å². The average Bonchev–Trinajstić information content (AvgIpc) is 3.03. The summed E-state index contributed by atoms with van der Waals surface area (Å²) in [5, 5.41) is 9.23. The van der Waals surface area contributed by atoms with Gasteiger partial charge in [-0.15, -0.1) is 0 Å². The lowest BCUT2D eigenvalue weighted by Gasteiger charge is -2.22. The Morgan fingerprint density at radius 1 is 1.40 bits per heavy atom. The molecule has 1 saturated heterocycles. The predicted molar refractivity (Wildman–Crippen MR) is 71.6 cm³/mol. The Kier molecular flexibility index (Phi) is 2.92. The SMILES string of the molecule is C[C@]1(C(=O)O)CCN(C(=O)[C@H]2COc3ccccc32)C1. The molecule has 0 bridgehead atoms. The van der Waals surface area contributed by atoms with Crippen molar-refractivity contribution in [1.82, 2.24) is 4.90 Å². The maximum atomic E-state index is 12.6. The summed E-state index contributed by atoms with van der Waals surface area (Å²) >= 11 is 0. The summed E-state index contributed by atoms with van der Waals surface area (Å²) in [5.74, 6) is -0.413. The van der Waals surface area contributed by atoms with Crippen LogP contribution >= 0.6 is 0 Å². The molecule has 2 atom stereocenters. The van der Waals surface area contributed by atoms with E-state index in [4.69, 9.17) is 4.74 Å². The molecule has 0 saturated carbocycles. The van der Waals surface area contributed by atoms with Crippen molar-refractivity contribution in [1.29, 1.82) is 0 Å². The van der Waals surface area contributed by atoms with Crippen LogP contribution in [0.4, 0.5) is 0 Å². The number of nitrogens with zero attached hydrogens (tertiary/aromatic N) is 1. The van der Waals surface area contributed by atoms with Gasteiger partial charge in [0, 0.05) is 18.7 Å². The summed E-state index contributed by atoms with van der Waals surface area (Å²) in [4.78, 5) is 25.5. The number of para-hydroxylation sites is 1. The highest BCUT2D eigenvalue weighted by Crippen LogP contribution is 2.37. The van der Waals surface area contributed by atoms with Crippen LogP contribution in [0.2, 0.25) is 0 Å². The lowest BCUT2D eigenvalue weighted by molar-refractivity contribution is -0.147. The molecule has 0 aromatic heterocycles. The van der Waals surface area contributed by atoms with Gasteiger partial charge in [-0.05, 0) is 19.4 Å². The second-order valence-electron chi connectivity index (χ2n) is 5.78. The van der Waals surface area contributed by atoms with Gasteiger partial charge >= 0.3 is 5.97 Å². The van der Waals surface area contributed by atoms with Crippen molar-refractivity contribution in [3.63, 3.8) is 0 Å². The van der Waals surface area contributed by atoms with E-state index in [1.165, 1.54) is 0 Å². The van der Waals surface area contributed by atoms with E-state index in [1.807, 2.05) is 24.3 Å². The lowest BCUT2D eigenvalue weighted by Crippen LogP contribution is -2.37. The third-order valence-electron chi connectivity index (χ3n) is 4.30. The van der Waals surface area contributed by atoms with Crippen LogP contribution in [-0.4, -0.2) is 41.6 Å². The van der Waals surface area contributed by atoms with E-state index in [1.54, 1.807) is 11.8 Å². The van der Waals surface area contributed by atoms with Gasteiger partial charge in [-0.3, -0.25) is 9.59 Å². The van der Waals surface area contributed by atoms with Crippen LogP contribution in [0, 0.1) is 5.41 Å². The minimum atomic E-state index is -0.837. The maximum Gasteiger partial charge on any atom is 0.311 e. The molecule has 2 heterocycles. The second-order valence-corrected chi connectivity index (χ2v) is 5.78. The summed E-state index contributed by atoms with van der Waals surface area (Å²) in [5.41, 5.74) is 0.0793. The van der Waals surface area contributed by atoms with Gasteiger partial charge in [0.15, 0.2) is 0 Å². The second kappa shape index (κ2) is 4.51. The Morgan fingerprint density at radius 2 is 2.15 bits per heavy atom. The normalized spacial score (nSPS) is 28.1. The highest BCUT2D eigenvalue weighted by molar-refractivity contribution is 5.87. The Balaban J connectivity index is 1.77. The third kappa shape index (κ3) is 1.94. The van der Waals surface area contributed by atoms with Crippen LogP contribution in [0.15, 0.2) is 24.3 Å². The Morgan fingerprint density at radius 3 is 2.85 bits per heavy atom. The number of aliphatic carboxylic acids is 1. The molecule has 2 aliphatic rings. The molecule has 106 valence electrons. The molecule has 1 aromatic rings. The number of ether oxygens (including phenoxy) is 1. The van der Waals surface area contributed by atoms with Crippen LogP contribution in [-0.2, 0) is 9.59 Å². The van der Waals surface area contributed by atoms with Crippen molar-refractivity contribution in [3.8, 4) is 5.75 Å². The van der Waals surface area contributed by atoms with Crippen molar-refractivity contribution in [2.45, 2.75) is 19.3 Å². The highest BCUT2D eigenvalue weighted by atomic mass is 16.5. The monoisotopic (exact) mass is 275 g/mol. The molecule has 20 heavy (non-hydrogen) atoms. The van der Waals surface area contributed by atoms with Crippen molar-refractivity contribution in [2.24, 2.45) is 5.41 Å². The molecular formula is C15H17NO4. The lowest BCUT2D eigenvalue weighted by atomic mass is 9.90. The van der Waals surface area contributed by atoms with E-state index in [0.29, 0.717) is 19.6 Å². The molecule has 0 unspecified atom stereocenters. The molecule has 0 radical (unpaired) electrons. The van der Waals surface area contributed by atoms with Crippen LogP contribution < -0.4 is 4.74 Å². The average molecular weight is 275 g/mol. The fraction of sp³-hybridized carbons (Fsp3) is 0.467. The van der Waals surface area contributed by atoms with Crippen molar-refractivity contribution < 1.29 is 19.4 Å². The van der Waals surface area contributed by atoms with Gasteiger partial charge in [0.25, 0.3) is 0 Å². The fourth-order valence-corrected chi connectivity index (χ4v) is 2.91. The van der Waals surface area contributed by atoms with Gasteiger partial charge in [-0.25, -0.2) is 0 Å². The summed E-state index contributed by atoms with van der Waals surface area (Å²) in [7, 11) is 0. The summed E-state index contributed by atoms with van der Waals surface area (Å²) in [6, 6.07) is 7.52. The molecule has 1 fully saturated rings. The zero-order chi connectivity index (χ0) is 14.3. The van der Waals surface area contributed by atoms with Crippen molar-refractivity contribution in [2.75, 3.05) is 19.7 Å². The van der Waals surface area contributed by atoms with Gasteiger partial charge in [0.1, 0.15) is 18.3 Å². The molecule has 1 N–H and O–H groups in total. The molecule has 3 rings (SSSR count). The molecule has 0 aliphatic carbocycles. The molecular weight excluding hydrogens is 258 g/mol. The predicted octanol–water partition coefficient (Wildman–Crippen LogP) is 1.49. The van der Waals surface area contributed by atoms with E-state index in [-0.39, 0.29) is 18.4 Å². The number of fused-ring (bicyclic) bond motifs is 1. The maximum absolute atomic E-state index is 12.6. The van der Waals surface area contributed by atoms with E-state index in [0.717, 1.165) is 11.3 Å². The Bertz CT molecular complexity index is 571. The molecule has 2 aliphatic heterocycles. The molecule has 5 nitrogen and oxygen atoms in total. The summed E-state index contributed by atoms with van der Waals surface area (Å²) in [6.45, 7) is 2.82. The van der Waals surface area contributed by atoms with E-state index in [2.05, 4.69) is 0 Å². The van der Waals surface area contributed by atoms with E-state index >= 15 is 0 Å². The standard InChI is InChI=1S/C15H17NO4/c1-15(14(18)19)6-7-16(9-15)13(17)11-8-20-12-5-3-2-4-10(11)12/h2-5,11H,6-9H2,1H3,(H,18,19)/t11-,15-/m0/s1. The quantitative estimate of drug-likeness (QED) is 0.888. The minimum absolute atomic E-state index is 0.0278. The van der Waals surface area contributed by atoms with Crippen molar-refractivity contribution in [3.05, 3.63) is 29.8 Å². The number of likely N-dealkylation sites (tertiary alicyclic amines) is 1. The first-order valence-corrected chi connectivity index (χ1v) is 6.75. The third-order valence-corrected chi connectivity index (χ3v) is 4.30. The van der Waals surface area contributed by atoms with Crippen LogP contribution in [0.1, 0.15) is 24.8 Å². The smallest absolute Gasteiger partial charge is 0.311 e. The first-order valence-electron chi connectivity index (χ1n) is 6.75. The van der Waals surface area contributed by atoms with Gasteiger partial charge < -0.3 is 14.7 Å². The number of benzene rings is 1. The van der Waals surface area contributed by atoms with Crippen molar-refractivity contribution >= 4 is 11.9 Å². The molecule has 0 spiro atoms. The number of hydrogen-bond donors (Lipinski definition) is 1. The van der Waals surface area contributed by atoms with Crippen LogP contribution in [0.3, 0.4) is 0 Å². The molecule has 5 heteroatoms. The van der Waals surface area contributed by atoms with Crippen LogP contribution in [0.5, 0.6) is 5.75 Å². The number of carbonyl (C=O) groups is 2. The summed E-state index contributed by atoms with van der Waals surface area (Å²) in [6.07, 6.45) is 0.503. The largest absolute Gasteiger partial charge is 0.492 e. The molecule has 1 aromatic carbocycles. The number of amides is 1. The first-order chi connectivity index (χ1) is 9.51. The highest BCUT2D eigenvalue weighted by Gasteiger charge is 2.44. The number of carboxylic acid groups (broad SMARTS) is 1. The zero-order valence-electron chi connectivity index (χ0n) is 11.3. The Labute approximate surface area is 117 Å². The van der Waals surface area contributed by atoms with Crippen LogP contribution in [0.25, 0.3) is 0 Å². The number of carbonyl (C=O) groups excluding carboxylic acids is 1. The van der Waals surface area contributed by atoms with Gasteiger partial charge in [0.05, 0.1) is 5.41 Å². The Hall–Kier alpha value is -2.04. The molecule has 1 amide bonds. The number of hydrogen-bond acceptors (Lipinski definition) is 3. The zero-order valence-corrected chi connectivity index (χ0v) is 11.3.